The molecule has 1 aromatic carbocycles. The van der Waals surface area contributed by atoms with Crippen molar-refractivity contribution in [1.82, 2.24) is 4.90 Å². The summed E-state index contributed by atoms with van der Waals surface area (Å²) in [5, 5.41) is 9.08. The van der Waals surface area contributed by atoms with Gasteiger partial charge in [-0.2, -0.15) is 0 Å². The summed E-state index contributed by atoms with van der Waals surface area (Å²) in [5.41, 5.74) is 0.112. The van der Waals surface area contributed by atoms with Crippen LogP contribution >= 0.6 is 11.3 Å². The molecule has 1 aromatic heterocycles. The number of carbonyl (C=O) groups is 2. The lowest BCUT2D eigenvalue weighted by molar-refractivity contribution is 0.0613. The van der Waals surface area contributed by atoms with Gasteiger partial charge in [0.15, 0.2) is 0 Å². The first-order chi connectivity index (χ1) is 12.9. The van der Waals surface area contributed by atoms with Crippen LogP contribution in [-0.2, 0) is 11.3 Å². The van der Waals surface area contributed by atoms with Crippen molar-refractivity contribution < 1.29 is 23.8 Å². The number of benzene rings is 1. The van der Waals surface area contributed by atoms with Crippen molar-refractivity contribution in [3.8, 4) is 0 Å². The average molecular weight is 392 g/mol. The molecule has 1 N–H and O–H groups in total. The second-order valence-electron chi connectivity index (χ2n) is 6.50. The van der Waals surface area contributed by atoms with E-state index >= 15 is 0 Å². The monoisotopic (exact) mass is 392 g/mol. The van der Waals surface area contributed by atoms with E-state index in [2.05, 4.69) is 4.90 Å². The average Bonchev–Trinajstić information content (AvgIpc) is 3.11. The highest BCUT2D eigenvalue weighted by molar-refractivity contribution is 7.13. The normalized spacial score (nSPS) is 15.5. The molecule has 1 amide bonds. The molecule has 0 radical (unpaired) electrons. The van der Waals surface area contributed by atoms with Gasteiger partial charge < -0.3 is 14.7 Å². The molecular formula is C19H21FN2O4S. The van der Waals surface area contributed by atoms with E-state index in [1.165, 1.54) is 23.1 Å². The van der Waals surface area contributed by atoms with Gasteiger partial charge in [0, 0.05) is 18.0 Å². The first kappa shape index (κ1) is 19.3. The Morgan fingerprint density at radius 2 is 1.96 bits per heavy atom. The minimum Gasteiger partial charge on any atom is -0.477 e. The van der Waals surface area contributed by atoms with Crippen LogP contribution in [0.3, 0.4) is 0 Å². The lowest BCUT2D eigenvalue weighted by Crippen LogP contribution is -2.39. The molecule has 6 nitrogen and oxygen atoms in total. The van der Waals surface area contributed by atoms with Crippen molar-refractivity contribution in [3.63, 3.8) is 0 Å². The fraction of sp³-hybridized carbons (Fsp3) is 0.368. The van der Waals surface area contributed by atoms with Crippen LogP contribution in [0.4, 0.5) is 14.9 Å². The molecule has 2 aromatic rings. The Hall–Kier alpha value is -2.45. The maximum atomic E-state index is 14.3. The van der Waals surface area contributed by atoms with Gasteiger partial charge in [0.05, 0.1) is 12.2 Å². The Morgan fingerprint density at radius 3 is 2.59 bits per heavy atom. The molecule has 144 valence electrons. The molecule has 8 heteroatoms. The van der Waals surface area contributed by atoms with E-state index in [1.807, 2.05) is 7.05 Å². The standard InChI is InChI=1S/C19H21FN2O4S/c1-21-10-8-13(9-11-21)26-19(25)22(16-5-3-2-4-15(16)20)12-14-6-7-17(27-14)18(23)24/h2-7,13H,8-12H2,1H3,(H,23,24). The zero-order valence-corrected chi connectivity index (χ0v) is 15.7. The number of piperidine rings is 1. The van der Waals surface area contributed by atoms with Gasteiger partial charge >= 0.3 is 12.1 Å². The van der Waals surface area contributed by atoms with Gasteiger partial charge in [-0.05, 0) is 44.2 Å². The fourth-order valence-electron chi connectivity index (χ4n) is 2.96. The first-order valence-electron chi connectivity index (χ1n) is 8.67. The number of hydrogen-bond acceptors (Lipinski definition) is 5. The number of para-hydroxylation sites is 1. The highest BCUT2D eigenvalue weighted by Gasteiger charge is 2.26. The maximum Gasteiger partial charge on any atom is 0.414 e. The Kier molecular flexibility index (Phi) is 6.08. The highest BCUT2D eigenvalue weighted by Crippen LogP contribution is 2.26. The molecule has 27 heavy (non-hydrogen) atoms. The van der Waals surface area contributed by atoms with E-state index in [4.69, 9.17) is 9.84 Å². The van der Waals surface area contributed by atoms with Gasteiger partial charge in [-0.15, -0.1) is 11.3 Å². The number of carboxylic acids is 1. The van der Waals surface area contributed by atoms with E-state index in [-0.39, 0.29) is 23.2 Å². The number of carbonyl (C=O) groups excluding carboxylic acids is 1. The molecule has 0 unspecified atom stereocenters. The van der Waals surface area contributed by atoms with Gasteiger partial charge in [0.25, 0.3) is 0 Å². The second-order valence-corrected chi connectivity index (χ2v) is 7.66. The number of hydrogen-bond donors (Lipinski definition) is 1. The third-order valence-corrected chi connectivity index (χ3v) is 5.54. The number of thiophene rings is 1. The van der Waals surface area contributed by atoms with Crippen LogP contribution in [0.25, 0.3) is 0 Å². The van der Waals surface area contributed by atoms with Gasteiger partial charge in [0.2, 0.25) is 0 Å². The van der Waals surface area contributed by atoms with Crippen molar-refractivity contribution in [2.24, 2.45) is 0 Å². The Balaban J connectivity index is 1.79. The number of nitrogens with zero attached hydrogens (tertiary/aromatic N) is 2. The minimum absolute atomic E-state index is 0.0460. The molecule has 0 bridgehead atoms. The zero-order chi connectivity index (χ0) is 19.4. The predicted octanol–water partition coefficient (Wildman–Crippen LogP) is 3.82. The fourth-order valence-corrected chi connectivity index (χ4v) is 3.80. The smallest absolute Gasteiger partial charge is 0.414 e. The Morgan fingerprint density at radius 1 is 1.26 bits per heavy atom. The summed E-state index contributed by atoms with van der Waals surface area (Å²) >= 11 is 1.06. The molecule has 1 fully saturated rings. The third kappa shape index (κ3) is 4.84. The number of rotatable bonds is 5. The van der Waals surface area contributed by atoms with Crippen LogP contribution in [0.1, 0.15) is 27.4 Å². The van der Waals surface area contributed by atoms with Crippen LogP contribution in [0.5, 0.6) is 0 Å². The molecule has 0 atom stereocenters. The number of amides is 1. The van der Waals surface area contributed by atoms with Crippen molar-refractivity contribution in [2.45, 2.75) is 25.5 Å². The molecule has 2 heterocycles. The Bertz CT molecular complexity index is 818. The highest BCUT2D eigenvalue weighted by atomic mass is 32.1. The topological polar surface area (TPSA) is 70.1 Å². The SMILES string of the molecule is CN1CCC(OC(=O)N(Cc2ccc(C(=O)O)s2)c2ccccc2F)CC1. The third-order valence-electron chi connectivity index (χ3n) is 4.48. The molecule has 0 spiro atoms. The van der Waals surface area contributed by atoms with Crippen LogP contribution in [0.15, 0.2) is 36.4 Å². The van der Waals surface area contributed by atoms with E-state index in [0.717, 1.165) is 37.3 Å². The molecule has 0 aliphatic carbocycles. The summed E-state index contributed by atoms with van der Waals surface area (Å²) < 4.78 is 19.9. The van der Waals surface area contributed by atoms with Gasteiger partial charge in [-0.25, -0.2) is 14.0 Å². The number of carboxylic acid groups (broad SMARTS) is 1. The largest absolute Gasteiger partial charge is 0.477 e. The van der Waals surface area contributed by atoms with Crippen LogP contribution < -0.4 is 4.90 Å². The minimum atomic E-state index is -1.03. The van der Waals surface area contributed by atoms with Crippen molar-refractivity contribution in [3.05, 3.63) is 52.0 Å². The summed E-state index contributed by atoms with van der Waals surface area (Å²) in [4.78, 5) is 28.1. The summed E-state index contributed by atoms with van der Waals surface area (Å²) in [7, 11) is 2.01. The molecule has 1 aliphatic heterocycles. The predicted molar refractivity (Wildman–Crippen MR) is 101 cm³/mol. The lowest BCUT2D eigenvalue weighted by Gasteiger charge is -2.31. The molecule has 3 rings (SSSR count). The summed E-state index contributed by atoms with van der Waals surface area (Å²) in [6.45, 7) is 1.72. The summed E-state index contributed by atoms with van der Waals surface area (Å²) in [6.07, 6.45) is 0.631. The first-order valence-corrected chi connectivity index (χ1v) is 9.49. The molecule has 1 aliphatic rings. The van der Waals surface area contributed by atoms with Crippen molar-refractivity contribution in [2.75, 3.05) is 25.0 Å². The van der Waals surface area contributed by atoms with E-state index in [0.29, 0.717) is 4.88 Å². The number of halogens is 1. The number of anilines is 1. The second kappa shape index (κ2) is 8.49. The number of ether oxygens (including phenoxy) is 1. The quantitative estimate of drug-likeness (QED) is 0.838. The maximum absolute atomic E-state index is 14.3. The van der Waals surface area contributed by atoms with Crippen molar-refractivity contribution in [1.29, 1.82) is 0 Å². The number of aromatic carboxylic acids is 1. The zero-order valence-electron chi connectivity index (χ0n) is 14.9. The Labute approximate surface area is 160 Å². The molecular weight excluding hydrogens is 371 g/mol. The van der Waals surface area contributed by atoms with Crippen LogP contribution in [0, 0.1) is 5.82 Å². The number of likely N-dealkylation sites (tertiary alicyclic amines) is 1. The van der Waals surface area contributed by atoms with E-state index < -0.39 is 17.9 Å². The lowest BCUT2D eigenvalue weighted by atomic mass is 10.1. The molecule has 1 saturated heterocycles. The van der Waals surface area contributed by atoms with Gasteiger partial charge in [-0.1, -0.05) is 12.1 Å². The van der Waals surface area contributed by atoms with Crippen LogP contribution in [-0.4, -0.2) is 48.3 Å². The van der Waals surface area contributed by atoms with E-state index in [9.17, 15) is 14.0 Å². The summed E-state index contributed by atoms with van der Waals surface area (Å²) in [6, 6.07) is 9.09. The van der Waals surface area contributed by atoms with Crippen LogP contribution in [0.2, 0.25) is 0 Å². The van der Waals surface area contributed by atoms with Gasteiger partial charge in [-0.3, -0.25) is 4.90 Å². The molecule has 0 saturated carbocycles. The summed E-state index contributed by atoms with van der Waals surface area (Å²) in [5.74, 6) is -1.56. The van der Waals surface area contributed by atoms with E-state index in [1.54, 1.807) is 18.2 Å². The van der Waals surface area contributed by atoms with Crippen molar-refractivity contribution >= 4 is 29.1 Å². The van der Waals surface area contributed by atoms with Gasteiger partial charge in [0.1, 0.15) is 16.8 Å².